The molecule has 0 aliphatic heterocycles. The van der Waals surface area contributed by atoms with Gasteiger partial charge in [-0.15, -0.1) is 0 Å². The number of rotatable bonds is 2. The van der Waals surface area contributed by atoms with E-state index in [4.69, 9.17) is 0 Å². The maximum absolute atomic E-state index is 4.33. The minimum Gasteiger partial charge on any atom is -0.254 e. The monoisotopic (exact) mass is 148 g/mol. The topological polar surface area (TPSA) is 25.8 Å². The maximum atomic E-state index is 4.33. The summed E-state index contributed by atoms with van der Waals surface area (Å²) in [6, 6.07) is 0. The van der Waals surface area contributed by atoms with Gasteiger partial charge in [0.2, 0.25) is 0 Å². The van der Waals surface area contributed by atoms with Crippen LogP contribution in [0.25, 0.3) is 6.08 Å². The van der Waals surface area contributed by atoms with E-state index in [1.807, 2.05) is 6.92 Å². The van der Waals surface area contributed by atoms with Crippen molar-refractivity contribution in [2.75, 3.05) is 0 Å². The van der Waals surface area contributed by atoms with E-state index in [2.05, 4.69) is 23.5 Å². The van der Waals surface area contributed by atoms with Gasteiger partial charge in [0.15, 0.2) is 0 Å². The van der Waals surface area contributed by atoms with Crippen molar-refractivity contribution in [1.82, 2.24) is 9.97 Å². The Hall–Kier alpha value is -1.18. The van der Waals surface area contributed by atoms with E-state index in [9.17, 15) is 0 Å². The van der Waals surface area contributed by atoms with E-state index in [1.54, 1.807) is 12.3 Å². The van der Waals surface area contributed by atoms with Crippen LogP contribution in [0, 0.1) is 6.92 Å². The molecular weight excluding hydrogens is 136 g/mol. The van der Waals surface area contributed by atoms with Gasteiger partial charge in [0.1, 0.15) is 0 Å². The number of nitrogens with zero attached hydrogens (tertiary/aromatic N) is 2. The van der Waals surface area contributed by atoms with Gasteiger partial charge in [-0.25, -0.2) is 0 Å². The van der Waals surface area contributed by atoms with Crippen molar-refractivity contribution in [3.8, 4) is 0 Å². The second-order valence-electron chi connectivity index (χ2n) is 2.40. The van der Waals surface area contributed by atoms with Crippen molar-refractivity contribution >= 4 is 6.08 Å². The SMILES string of the molecule is C=Cc1ncc(C)nc1CC. The van der Waals surface area contributed by atoms with Crippen LogP contribution in [-0.4, -0.2) is 9.97 Å². The Labute approximate surface area is 67.0 Å². The maximum Gasteiger partial charge on any atom is 0.0839 e. The van der Waals surface area contributed by atoms with Crippen LogP contribution in [0.1, 0.15) is 24.0 Å². The molecule has 0 aliphatic rings. The Balaban J connectivity index is 3.16. The number of aromatic nitrogens is 2. The fourth-order valence-corrected chi connectivity index (χ4v) is 0.967. The highest BCUT2D eigenvalue weighted by molar-refractivity contribution is 5.44. The molecule has 1 aromatic heterocycles. The highest BCUT2D eigenvalue weighted by Gasteiger charge is 1.98. The molecule has 0 bridgehead atoms. The molecule has 1 aromatic rings. The lowest BCUT2D eigenvalue weighted by Crippen LogP contribution is -1.96. The van der Waals surface area contributed by atoms with Gasteiger partial charge in [0.25, 0.3) is 0 Å². The average Bonchev–Trinajstić information content (AvgIpc) is 2.04. The van der Waals surface area contributed by atoms with Crippen LogP contribution < -0.4 is 0 Å². The summed E-state index contributed by atoms with van der Waals surface area (Å²) >= 11 is 0. The third kappa shape index (κ3) is 1.64. The quantitative estimate of drug-likeness (QED) is 0.641. The van der Waals surface area contributed by atoms with Crippen LogP contribution in [0.3, 0.4) is 0 Å². The minimum absolute atomic E-state index is 0.901. The molecule has 0 aromatic carbocycles. The van der Waals surface area contributed by atoms with Crippen LogP contribution >= 0.6 is 0 Å². The summed E-state index contributed by atoms with van der Waals surface area (Å²) < 4.78 is 0. The first-order valence-electron chi connectivity index (χ1n) is 3.73. The van der Waals surface area contributed by atoms with Gasteiger partial charge in [-0.2, -0.15) is 0 Å². The van der Waals surface area contributed by atoms with Crippen molar-refractivity contribution in [3.63, 3.8) is 0 Å². The van der Waals surface area contributed by atoms with Crippen molar-refractivity contribution < 1.29 is 0 Å². The Kier molecular flexibility index (Phi) is 2.36. The molecule has 0 aliphatic carbocycles. The molecule has 0 saturated carbocycles. The number of hydrogen-bond acceptors (Lipinski definition) is 2. The Morgan fingerprint density at radius 3 is 2.91 bits per heavy atom. The molecule has 11 heavy (non-hydrogen) atoms. The summed E-state index contributed by atoms with van der Waals surface area (Å²) in [4.78, 5) is 8.52. The molecule has 0 amide bonds. The molecule has 1 rings (SSSR count). The third-order valence-corrected chi connectivity index (χ3v) is 1.53. The zero-order valence-corrected chi connectivity index (χ0v) is 6.96. The van der Waals surface area contributed by atoms with Gasteiger partial charge in [0, 0.05) is 6.20 Å². The fourth-order valence-electron chi connectivity index (χ4n) is 0.967. The first kappa shape index (κ1) is 7.92. The van der Waals surface area contributed by atoms with Crippen LogP contribution in [-0.2, 0) is 6.42 Å². The van der Waals surface area contributed by atoms with Crippen LogP contribution in [0.15, 0.2) is 12.8 Å². The normalized spacial score (nSPS) is 9.64. The standard InChI is InChI=1S/C9H12N2/c1-4-8-9(5-2)11-7(3)6-10-8/h4,6H,1,5H2,2-3H3. The van der Waals surface area contributed by atoms with Crippen molar-refractivity contribution in [2.45, 2.75) is 20.3 Å². The lowest BCUT2D eigenvalue weighted by atomic mass is 10.2. The van der Waals surface area contributed by atoms with Gasteiger partial charge in [-0.3, -0.25) is 9.97 Å². The second kappa shape index (κ2) is 3.28. The first-order valence-corrected chi connectivity index (χ1v) is 3.73. The summed E-state index contributed by atoms with van der Waals surface area (Å²) in [6.07, 6.45) is 4.41. The minimum atomic E-state index is 0.901. The lowest BCUT2D eigenvalue weighted by molar-refractivity contribution is 0.958. The summed E-state index contributed by atoms with van der Waals surface area (Å²) in [6.45, 7) is 7.68. The first-order chi connectivity index (χ1) is 5.27. The van der Waals surface area contributed by atoms with Gasteiger partial charge in [0.05, 0.1) is 17.1 Å². The highest BCUT2D eigenvalue weighted by atomic mass is 14.8. The van der Waals surface area contributed by atoms with Crippen molar-refractivity contribution in [1.29, 1.82) is 0 Å². The van der Waals surface area contributed by atoms with E-state index in [1.165, 1.54) is 0 Å². The van der Waals surface area contributed by atoms with E-state index >= 15 is 0 Å². The van der Waals surface area contributed by atoms with E-state index in [-0.39, 0.29) is 0 Å². The summed E-state index contributed by atoms with van der Waals surface area (Å²) in [5.41, 5.74) is 2.89. The molecule has 58 valence electrons. The van der Waals surface area contributed by atoms with Gasteiger partial charge >= 0.3 is 0 Å². The van der Waals surface area contributed by atoms with Crippen LogP contribution in [0.4, 0.5) is 0 Å². The van der Waals surface area contributed by atoms with Gasteiger partial charge in [-0.05, 0) is 19.4 Å². The Morgan fingerprint density at radius 1 is 1.64 bits per heavy atom. The molecule has 0 radical (unpaired) electrons. The predicted octanol–water partition coefficient (Wildman–Crippen LogP) is 1.99. The molecule has 2 heteroatoms. The molecular formula is C9H12N2. The highest BCUT2D eigenvalue weighted by Crippen LogP contribution is 2.05. The lowest BCUT2D eigenvalue weighted by Gasteiger charge is -2.00. The van der Waals surface area contributed by atoms with Crippen LogP contribution in [0.2, 0.25) is 0 Å². The third-order valence-electron chi connectivity index (χ3n) is 1.53. The molecule has 1 heterocycles. The number of aryl methyl sites for hydroxylation is 2. The van der Waals surface area contributed by atoms with Gasteiger partial charge in [-0.1, -0.05) is 13.5 Å². The summed E-state index contributed by atoms with van der Waals surface area (Å²) in [5.74, 6) is 0. The summed E-state index contributed by atoms with van der Waals surface area (Å²) in [7, 11) is 0. The predicted molar refractivity (Wildman–Crippen MR) is 46.2 cm³/mol. The Morgan fingerprint density at radius 2 is 2.36 bits per heavy atom. The molecule has 0 N–H and O–H groups in total. The van der Waals surface area contributed by atoms with Crippen LogP contribution in [0.5, 0.6) is 0 Å². The summed E-state index contributed by atoms with van der Waals surface area (Å²) in [5, 5.41) is 0. The van der Waals surface area contributed by atoms with E-state index in [0.29, 0.717) is 0 Å². The molecule has 0 atom stereocenters. The molecule has 2 nitrogen and oxygen atoms in total. The second-order valence-corrected chi connectivity index (χ2v) is 2.40. The molecule has 0 saturated heterocycles. The largest absolute Gasteiger partial charge is 0.254 e. The van der Waals surface area contributed by atoms with Crippen molar-refractivity contribution in [2.24, 2.45) is 0 Å². The van der Waals surface area contributed by atoms with Gasteiger partial charge < -0.3 is 0 Å². The zero-order chi connectivity index (χ0) is 8.27. The zero-order valence-electron chi connectivity index (χ0n) is 6.96. The Bertz CT molecular complexity index is 266. The van der Waals surface area contributed by atoms with Crippen molar-refractivity contribution in [3.05, 3.63) is 29.9 Å². The average molecular weight is 148 g/mol. The fraction of sp³-hybridized carbons (Fsp3) is 0.333. The molecule has 0 unspecified atom stereocenters. The molecule has 0 fully saturated rings. The number of hydrogen-bond donors (Lipinski definition) is 0. The smallest absolute Gasteiger partial charge is 0.0839 e. The van der Waals surface area contributed by atoms with E-state index in [0.717, 1.165) is 23.5 Å². The van der Waals surface area contributed by atoms with E-state index < -0.39 is 0 Å². The molecule has 0 spiro atoms.